The molecule has 1 aromatic carbocycles. The lowest BCUT2D eigenvalue weighted by molar-refractivity contribution is -0.141. The van der Waals surface area contributed by atoms with Crippen molar-refractivity contribution in [2.24, 2.45) is 5.92 Å². The average Bonchev–Trinajstić information content (AvgIpc) is 2.64. The summed E-state index contributed by atoms with van der Waals surface area (Å²) in [6, 6.07) is 5.07. The number of Topliss-reactive ketones (excluding diaryl/α,β-unsaturated/α-hetero) is 1. The monoisotopic (exact) mass is 261 g/mol. The number of carboxylic acid groups (broad SMARTS) is 1. The lowest BCUT2D eigenvalue weighted by Crippen LogP contribution is -2.20. The molecule has 0 aromatic heterocycles. The second-order valence-corrected chi connectivity index (χ2v) is 4.84. The van der Waals surface area contributed by atoms with Gasteiger partial charge in [-0.3, -0.25) is 14.4 Å². The van der Waals surface area contributed by atoms with Gasteiger partial charge >= 0.3 is 5.97 Å². The van der Waals surface area contributed by atoms with Gasteiger partial charge < -0.3 is 10.0 Å². The minimum absolute atomic E-state index is 0.00139. The number of hydrogen-bond donors (Lipinski definition) is 1. The Morgan fingerprint density at radius 2 is 2.11 bits per heavy atom. The topological polar surface area (TPSA) is 74.7 Å². The summed E-state index contributed by atoms with van der Waals surface area (Å²) in [5.41, 5.74) is 2.10. The number of ketones is 1. The molecule has 0 spiro atoms. The molecule has 19 heavy (non-hydrogen) atoms. The largest absolute Gasteiger partial charge is 0.481 e. The van der Waals surface area contributed by atoms with Crippen LogP contribution < -0.4 is 4.90 Å². The van der Waals surface area contributed by atoms with Gasteiger partial charge in [0.15, 0.2) is 5.78 Å². The van der Waals surface area contributed by atoms with Crippen LogP contribution in [0.4, 0.5) is 5.69 Å². The average molecular weight is 261 g/mol. The van der Waals surface area contributed by atoms with Crippen molar-refractivity contribution in [3.63, 3.8) is 0 Å². The van der Waals surface area contributed by atoms with E-state index < -0.39 is 11.9 Å². The third-order valence-corrected chi connectivity index (χ3v) is 3.39. The standard InChI is InChI=1S/C14H15NO4/c1-8(14(18)19)5-12(16)9-3-4-11-10(6-9)7-13(17)15(11)2/h3-4,6,8H,5,7H2,1-2H3,(H,18,19). The summed E-state index contributed by atoms with van der Waals surface area (Å²) in [4.78, 5) is 35.8. The fraction of sp³-hybridized carbons (Fsp3) is 0.357. The van der Waals surface area contributed by atoms with Crippen LogP contribution in [-0.2, 0) is 16.0 Å². The molecule has 1 aliphatic heterocycles. The minimum Gasteiger partial charge on any atom is -0.481 e. The van der Waals surface area contributed by atoms with Crippen LogP contribution in [0.1, 0.15) is 29.3 Å². The molecule has 0 saturated carbocycles. The van der Waals surface area contributed by atoms with Crippen molar-refractivity contribution in [2.45, 2.75) is 19.8 Å². The Hall–Kier alpha value is -2.17. The van der Waals surface area contributed by atoms with E-state index >= 15 is 0 Å². The van der Waals surface area contributed by atoms with Gasteiger partial charge in [-0.1, -0.05) is 6.92 Å². The second-order valence-electron chi connectivity index (χ2n) is 4.84. The van der Waals surface area contributed by atoms with Crippen molar-refractivity contribution < 1.29 is 19.5 Å². The molecule has 1 amide bonds. The molecule has 0 radical (unpaired) electrons. The fourth-order valence-corrected chi connectivity index (χ4v) is 2.13. The molecule has 5 nitrogen and oxygen atoms in total. The van der Waals surface area contributed by atoms with Crippen LogP contribution in [0.2, 0.25) is 0 Å². The summed E-state index contributed by atoms with van der Waals surface area (Å²) in [6.07, 6.45) is 0.263. The number of rotatable bonds is 4. The second kappa shape index (κ2) is 4.84. The van der Waals surface area contributed by atoms with E-state index in [1.165, 1.54) is 6.92 Å². The van der Waals surface area contributed by atoms with Gasteiger partial charge in [-0.25, -0.2) is 0 Å². The first kappa shape index (κ1) is 13.3. The first-order valence-electron chi connectivity index (χ1n) is 6.05. The first-order valence-corrected chi connectivity index (χ1v) is 6.05. The summed E-state index contributed by atoms with van der Waals surface area (Å²) in [7, 11) is 1.70. The van der Waals surface area contributed by atoms with Crippen LogP contribution in [0.3, 0.4) is 0 Å². The minimum atomic E-state index is -0.982. The zero-order chi connectivity index (χ0) is 14.2. The van der Waals surface area contributed by atoms with Crippen LogP contribution in [0.25, 0.3) is 0 Å². The Bertz CT molecular complexity index is 565. The predicted molar refractivity (Wildman–Crippen MR) is 69.3 cm³/mol. The third-order valence-electron chi connectivity index (χ3n) is 3.39. The Morgan fingerprint density at radius 3 is 2.74 bits per heavy atom. The molecule has 0 aliphatic carbocycles. The predicted octanol–water partition coefficient (Wildman–Crippen LogP) is 1.50. The van der Waals surface area contributed by atoms with E-state index in [0.717, 1.165) is 11.3 Å². The normalized spacial score (nSPS) is 15.3. The number of amides is 1. The molecule has 1 heterocycles. The third kappa shape index (κ3) is 2.50. The highest BCUT2D eigenvalue weighted by Crippen LogP contribution is 2.28. The van der Waals surface area contributed by atoms with Gasteiger partial charge in [0.05, 0.1) is 12.3 Å². The summed E-state index contributed by atoms with van der Waals surface area (Å²) >= 11 is 0. The number of carbonyl (C=O) groups excluding carboxylic acids is 2. The molecule has 0 fully saturated rings. The molecule has 2 rings (SSSR count). The zero-order valence-corrected chi connectivity index (χ0v) is 10.8. The molecule has 5 heteroatoms. The maximum absolute atomic E-state index is 12.0. The van der Waals surface area contributed by atoms with Crippen molar-refractivity contribution in [3.8, 4) is 0 Å². The van der Waals surface area contributed by atoms with Crippen molar-refractivity contribution in [3.05, 3.63) is 29.3 Å². The number of carboxylic acids is 1. The van der Waals surface area contributed by atoms with E-state index in [4.69, 9.17) is 5.11 Å². The highest BCUT2D eigenvalue weighted by Gasteiger charge is 2.25. The number of anilines is 1. The van der Waals surface area contributed by atoms with Crippen molar-refractivity contribution >= 4 is 23.3 Å². The van der Waals surface area contributed by atoms with Crippen LogP contribution >= 0.6 is 0 Å². The maximum Gasteiger partial charge on any atom is 0.306 e. The smallest absolute Gasteiger partial charge is 0.306 e. The first-order chi connectivity index (χ1) is 8.90. The Morgan fingerprint density at radius 1 is 1.42 bits per heavy atom. The van der Waals surface area contributed by atoms with E-state index in [-0.39, 0.29) is 18.1 Å². The molecular weight excluding hydrogens is 246 g/mol. The molecule has 100 valence electrons. The van der Waals surface area contributed by atoms with Gasteiger partial charge in [0, 0.05) is 24.7 Å². The zero-order valence-electron chi connectivity index (χ0n) is 10.8. The Labute approximate surface area is 110 Å². The number of nitrogens with zero attached hydrogens (tertiary/aromatic N) is 1. The Balaban J connectivity index is 2.20. The van der Waals surface area contributed by atoms with Crippen LogP contribution in [-0.4, -0.2) is 29.8 Å². The number of aliphatic carboxylic acids is 1. The number of hydrogen-bond acceptors (Lipinski definition) is 3. The molecule has 1 N–H and O–H groups in total. The van der Waals surface area contributed by atoms with Crippen LogP contribution in [0.15, 0.2) is 18.2 Å². The SMILES string of the molecule is CC(CC(=O)c1ccc2c(c1)CC(=O)N2C)C(=O)O. The van der Waals surface area contributed by atoms with Crippen LogP contribution in [0, 0.1) is 5.92 Å². The number of carbonyl (C=O) groups is 3. The van der Waals surface area contributed by atoms with E-state index in [0.29, 0.717) is 12.0 Å². The number of fused-ring (bicyclic) bond motifs is 1. The van der Waals surface area contributed by atoms with E-state index in [1.807, 2.05) is 0 Å². The summed E-state index contributed by atoms with van der Waals surface area (Å²) < 4.78 is 0. The molecule has 0 bridgehead atoms. The highest BCUT2D eigenvalue weighted by molar-refractivity contribution is 6.03. The van der Waals surface area contributed by atoms with E-state index in [2.05, 4.69) is 0 Å². The van der Waals surface area contributed by atoms with Crippen molar-refractivity contribution in [1.82, 2.24) is 0 Å². The molecule has 1 aromatic rings. The van der Waals surface area contributed by atoms with E-state index in [9.17, 15) is 14.4 Å². The van der Waals surface area contributed by atoms with Gasteiger partial charge in [-0.15, -0.1) is 0 Å². The van der Waals surface area contributed by atoms with Crippen molar-refractivity contribution in [2.75, 3.05) is 11.9 Å². The number of benzene rings is 1. The van der Waals surface area contributed by atoms with Gasteiger partial charge in [-0.05, 0) is 23.8 Å². The van der Waals surface area contributed by atoms with Gasteiger partial charge in [0.25, 0.3) is 0 Å². The van der Waals surface area contributed by atoms with Crippen molar-refractivity contribution in [1.29, 1.82) is 0 Å². The van der Waals surface area contributed by atoms with E-state index in [1.54, 1.807) is 30.1 Å². The van der Waals surface area contributed by atoms with Gasteiger partial charge in [0.2, 0.25) is 5.91 Å². The van der Waals surface area contributed by atoms with Gasteiger partial charge in [-0.2, -0.15) is 0 Å². The summed E-state index contributed by atoms with van der Waals surface area (Å²) in [6.45, 7) is 1.50. The quantitative estimate of drug-likeness (QED) is 0.833. The van der Waals surface area contributed by atoms with Crippen LogP contribution in [0.5, 0.6) is 0 Å². The molecular formula is C14H15NO4. The lowest BCUT2D eigenvalue weighted by Gasteiger charge is -2.10. The summed E-state index contributed by atoms with van der Waals surface area (Å²) in [5.74, 6) is -1.90. The molecule has 1 aliphatic rings. The number of likely N-dealkylation sites (N-methyl/N-ethyl adjacent to an activating group) is 1. The molecule has 0 saturated heterocycles. The maximum atomic E-state index is 12.0. The summed E-state index contributed by atoms with van der Waals surface area (Å²) in [5, 5.41) is 8.80. The highest BCUT2D eigenvalue weighted by atomic mass is 16.4. The Kier molecular flexibility index (Phi) is 3.38. The molecule has 1 unspecified atom stereocenters. The molecule has 1 atom stereocenters. The lowest BCUT2D eigenvalue weighted by atomic mass is 9.98. The van der Waals surface area contributed by atoms with Gasteiger partial charge in [0.1, 0.15) is 0 Å². The fourth-order valence-electron chi connectivity index (χ4n) is 2.13.